The molecule has 1 aromatic heterocycles. The molecule has 9 heteroatoms. The third kappa shape index (κ3) is 6.85. The summed E-state index contributed by atoms with van der Waals surface area (Å²) in [5.74, 6) is 0.452. The van der Waals surface area contributed by atoms with Gasteiger partial charge < -0.3 is 9.47 Å². The quantitative estimate of drug-likeness (QED) is 0.166. The largest absolute Gasteiger partial charge is 0.488 e. The highest BCUT2D eigenvalue weighted by Crippen LogP contribution is 2.33. The molecule has 0 radical (unpaired) electrons. The molecule has 0 fully saturated rings. The second-order valence-electron chi connectivity index (χ2n) is 10.8. The summed E-state index contributed by atoms with van der Waals surface area (Å²) in [7, 11) is 0. The average molecular weight is 650 g/mol. The Balaban J connectivity index is 1.65. The van der Waals surface area contributed by atoms with Gasteiger partial charge in [-0.2, -0.15) is 0 Å². The van der Waals surface area contributed by atoms with Gasteiger partial charge in [0.05, 0.1) is 28.5 Å². The Morgan fingerprint density at radius 2 is 1.80 bits per heavy atom. The summed E-state index contributed by atoms with van der Waals surface area (Å²) in [6.07, 6.45) is 3.14. The molecule has 5 rings (SSSR count). The van der Waals surface area contributed by atoms with Crippen molar-refractivity contribution in [1.82, 2.24) is 4.57 Å². The Labute approximate surface area is 270 Å². The van der Waals surface area contributed by atoms with Crippen molar-refractivity contribution in [3.63, 3.8) is 0 Å². The van der Waals surface area contributed by atoms with E-state index in [0.29, 0.717) is 60.9 Å². The predicted octanol–water partition coefficient (Wildman–Crippen LogP) is 7.59. The van der Waals surface area contributed by atoms with E-state index in [4.69, 9.17) is 37.7 Å². The predicted molar refractivity (Wildman–Crippen MR) is 177 cm³/mol. The van der Waals surface area contributed by atoms with Crippen LogP contribution in [-0.2, 0) is 16.1 Å². The van der Waals surface area contributed by atoms with Crippen LogP contribution in [0.15, 0.2) is 87.8 Å². The van der Waals surface area contributed by atoms with Crippen molar-refractivity contribution in [2.75, 3.05) is 6.61 Å². The number of thiazole rings is 1. The summed E-state index contributed by atoms with van der Waals surface area (Å²) in [4.78, 5) is 33.0. The third-order valence-electron chi connectivity index (χ3n) is 7.35. The van der Waals surface area contributed by atoms with Crippen LogP contribution in [0, 0.1) is 0 Å². The summed E-state index contributed by atoms with van der Waals surface area (Å²) >= 11 is 13.8. The zero-order valence-electron chi connectivity index (χ0n) is 25.1. The number of fused-ring (bicyclic) bond motifs is 1. The van der Waals surface area contributed by atoms with Crippen LogP contribution in [0.25, 0.3) is 6.08 Å². The fraction of sp³-hybridized carbons (Fsp3) is 0.286. The average Bonchev–Trinajstić information content (AvgIpc) is 3.30. The number of rotatable bonds is 10. The van der Waals surface area contributed by atoms with Gasteiger partial charge in [0, 0.05) is 15.6 Å². The molecule has 3 aromatic carbocycles. The van der Waals surface area contributed by atoms with Crippen LogP contribution in [0.1, 0.15) is 74.8 Å². The third-order valence-corrected chi connectivity index (χ3v) is 8.81. The molecule has 0 aliphatic carbocycles. The molecule has 44 heavy (non-hydrogen) atoms. The van der Waals surface area contributed by atoms with Crippen molar-refractivity contribution < 1.29 is 14.3 Å². The number of nitrogens with zero attached hydrogens (tertiary/aromatic N) is 2. The maximum atomic E-state index is 14.2. The zero-order chi connectivity index (χ0) is 31.4. The van der Waals surface area contributed by atoms with Gasteiger partial charge in [0.1, 0.15) is 12.4 Å². The Hall–Kier alpha value is -3.65. The molecule has 0 unspecified atom stereocenters. The number of carbonyl (C=O) groups is 1. The first-order chi connectivity index (χ1) is 21.2. The van der Waals surface area contributed by atoms with Gasteiger partial charge in [0.15, 0.2) is 4.80 Å². The minimum absolute atomic E-state index is 0.220. The summed E-state index contributed by atoms with van der Waals surface area (Å²) in [5.41, 5.74) is 4.34. The molecule has 4 aromatic rings. The maximum Gasteiger partial charge on any atom is 0.338 e. The van der Waals surface area contributed by atoms with E-state index in [1.807, 2.05) is 55.5 Å². The SMILES string of the molecule is CCCC1=C(C(=O)OCC)[C@@H](c2ccc(C(C)C)cc2)n2c(s/c(=C\c3cc(Cl)ccc3OCc3cccc(Cl)c3)c2=O)=N1. The lowest BCUT2D eigenvalue weighted by Crippen LogP contribution is -2.40. The molecular weight excluding hydrogens is 615 g/mol. The molecule has 0 spiro atoms. The highest BCUT2D eigenvalue weighted by Gasteiger charge is 2.34. The number of ether oxygens (including phenoxy) is 2. The second kappa shape index (κ2) is 14.0. The summed E-state index contributed by atoms with van der Waals surface area (Å²) < 4.78 is 13.7. The fourth-order valence-electron chi connectivity index (χ4n) is 5.19. The van der Waals surface area contributed by atoms with E-state index in [1.54, 1.807) is 35.8 Å². The van der Waals surface area contributed by atoms with Crippen LogP contribution >= 0.6 is 34.5 Å². The van der Waals surface area contributed by atoms with Crippen molar-refractivity contribution in [3.05, 3.63) is 130 Å². The van der Waals surface area contributed by atoms with E-state index < -0.39 is 12.0 Å². The van der Waals surface area contributed by atoms with Gasteiger partial charge in [-0.1, -0.05) is 98.1 Å². The number of allylic oxidation sites excluding steroid dienone is 1. The summed E-state index contributed by atoms with van der Waals surface area (Å²) in [5, 5.41) is 1.14. The molecule has 0 N–H and O–H groups in total. The molecule has 1 atom stereocenters. The minimum Gasteiger partial charge on any atom is -0.488 e. The zero-order valence-corrected chi connectivity index (χ0v) is 27.4. The van der Waals surface area contributed by atoms with Gasteiger partial charge in [-0.25, -0.2) is 9.79 Å². The van der Waals surface area contributed by atoms with Crippen LogP contribution in [-0.4, -0.2) is 17.1 Å². The van der Waals surface area contributed by atoms with Gasteiger partial charge in [0.2, 0.25) is 0 Å². The standard InChI is InChI=1S/C35H34Cl2N2O4S/c1-5-8-28-31(34(41)42-6-2)32(24-13-11-23(12-14-24)21(3)4)39-33(40)30(44-35(39)38-28)19-25-18-27(37)15-16-29(25)43-20-22-9-7-10-26(36)17-22/h7,9-19,21,32H,5-6,8,20H2,1-4H3/b30-19-/t32-/m1/s1. The van der Waals surface area contributed by atoms with Crippen LogP contribution in [0.3, 0.4) is 0 Å². The van der Waals surface area contributed by atoms with Gasteiger partial charge in [-0.3, -0.25) is 9.36 Å². The van der Waals surface area contributed by atoms with E-state index >= 15 is 0 Å². The highest BCUT2D eigenvalue weighted by molar-refractivity contribution is 7.07. The lowest BCUT2D eigenvalue weighted by molar-refractivity contribution is -0.139. The van der Waals surface area contributed by atoms with Crippen LogP contribution < -0.4 is 19.6 Å². The second-order valence-corrected chi connectivity index (χ2v) is 12.7. The molecule has 1 aliphatic heterocycles. The molecule has 0 bridgehead atoms. The van der Waals surface area contributed by atoms with Gasteiger partial charge in [-0.15, -0.1) is 0 Å². The van der Waals surface area contributed by atoms with Crippen LogP contribution in [0.2, 0.25) is 10.0 Å². The monoisotopic (exact) mass is 648 g/mol. The lowest BCUT2D eigenvalue weighted by atomic mass is 9.92. The Morgan fingerprint density at radius 3 is 2.48 bits per heavy atom. The molecule has 228 valence electrons. The first-order valence-corrected chi connectivity index (χ1v) is 16.3. The van der Waals surface area contributed by atoms with Gasteiger partial charge >= 0.3 is 5.97 Å². The molecule has 2 heterocycles. The van der Waals surface area contributed by atoms with Gasteiger partial charge in [0.25, 0.3) is 5.56 Å². The number of hydrogen-bond donors (Lipinski definition) is 0. The fourth-order valence-corrected chi connectivity index (χ4v) is 6.60. The normalized spacial score (nSPS) is 14.9. The van der Waals surface area contributed by atoms with Crippen molar-refractivity contribution in [1.29, 1.82) is 0 Å². The highest BCUT2D eigenvalue weighted by atomic mass is 35.5. The molecule has 0 amide bonds. The van der Waals surface area contributed by atoms with E-state index in [-0.39, 0.29) is 12.2 Å². The molecular formula is C35H34Cl2N2O4S. The molecule has 1 aliphatic rings. The van der Waals surface area contributed by atoms with E-state index in [0.717, 1.165) is 17.5 Å². The van der Waals surface area contributed by atoms with E-state index in [1.165, 1.54) is 16.9 Å². The Bertz CT molecular complexity index is 1890. The Kier molecular flexibility index (Phi) is 10.1. The summed E-state index contributed by atoms with van der Waals surface area (Å²) in [6, 6.07) is 20.2. The molecule has 0 saturated heterocycles. The van der Waals surface area contributed by atoms with Crippen molar-refractivity contribution in [3.8, 4) is 5.75 Å². The summed E-state index contributed by atoms with van der Waals surface area (Å²) in [6.45, 7) is 8.58. The van der Waals surface area contributed by atoms with Gasteiger partial charge in [-0.05, 0) is 72.4 Å². The van der Waals surface area contributed by atoms with E-state index in [2.05, 4.69) is 13.8 Å². The molecule has 6 nitrogen and oxygen atoms in total. The number of hydrogen-bond acceptors (Lipinski definition) is 6. The number of carbonyl (C=O) groups excluding carboxylic acids is 1. The van der Waals surface area contributed by atoms with Crippen molar-refractivity contribution in [2.24, 2.45) is 4.99 Å². The van der Waals surface area contributed by atoms with Crippen molar-refractivity contribution >= 4 is 46.6 Å². The lowest BCUT2D eigenvalue weighted by Gasteiger charge is -2.26. The molecule has 0 saturated carbocycles. The first-order valence-electron chi connectivity index (χ1n) is 14.7. The smallest absolute Gasteiger partial charge is 0.338 e. The van der Waals surface area contributed by atoms with Crippen LogP contribution in [0.4, 0.5) is 0 Å². The topological polar surface area (TPSA) is 69.9 Å². The minimum atomic E-state index is -0.673. The number of esters is 1. The number of aromatic nitrogens is 1. The van der Waals surface area contributed by atoms with Crippen molar-refractivity contribution in [2.45, 2.75) is 59.1 Å². The number of halogens is 2. The Morgan fingerprint density at radius 1 is 1.05 bits per heavy atom. The van der Waals surface area contributed by atoms with Crippen LogP contribution in [0.5, 0.6) is 5.75 Å². The van der Waals surface area contributed by atoms with E-state index in [9.17, 15) is 9.59 Å². The number of benzene rings is 3. The maximum absolute atomic E-state index is 14.2. The first kappa shape index (κ1) is 31.8.